The molecule has 2 nitrogen and oxygen atoms in total. The summed E-state index contributed by atoms with van der Waals surface area (Å²) in [5.74, 6) is 0.821. The van der Waals surface area contributed by atoms with Crippen LogP contribution in [-0.2, 0) is 0 Å². The number of hydrogen-bond acceptors (Lipinski definition) is 2. The summed E-state index contributed by atoms with van der Waals surface area (Å²) in [6.45, 7) is 0. The van der Waals surface area contributed by atoms with E-state index in [-0.39, 0.29) is 17.7 Å². The van der Waals surface area contributed by atoms with Crippen molar-refractivity contribution in [3.05, 3.63) is 138 Å². The smallest absolute Gasteiger partial charge is 0.163 e. The Labute approximate surface area is 243 Å². The van der Waals surface area contributed by atoms with Gasteiger partial charge in [-0.1, -0.05) is 107 Å². The summed E-state index contributed by atoms with van der Waals surface area (Å²) < 4.78 is 0. The highest BCUT2D eigenvalue weighted by molar-refractivity contribution is 6.42. The van der Waals surface area contributed by atoms with E-state index in [1.54, 1.807) is 0 Å². The molecule has 0 radical (unpaired) electrons. The van der Waals surface area contributed by atoms with Crippen molar-refractivity contribution in [2.75, 3.05) is 0 Å². The minimum atomic E-state index is 0.148. The largest absolute Gasteiger partial charge is 0.324 e. The molecule has 0 heterocycles. The molecule has 0 saturated carbocycles. The molecule has 38 heavy (non-hydrogen) atoms. The first kappa shape index (κ1) is 27.2. The predicted octanol–water partition coefficient (Wildman–Crippen LogP) is 10.0. The van der Waals surface area contributed by atoms with Gasteiger partial charge in [-0.15, -0.1) is 0 Å². The molecule has 6 heteroatoms. The third-order valence-corrected chi connectivity index (χ3v) is 9.00. The van der Waals surface area contributed by atoms with Gasteiger partial charge in [0.2, 0.25) is 0 Å². The molecule has 0 aliphatic heterocycles. The second-order valence-electron chi connectivity index (χ2n) is 9.81. The lowest BCUT2D eigenvalue weighted by Gasteiger charge is -2.30. The van der Waals surface area contributed by atoms with Crippen molar-refractivity contribution >= 4 is 52.2 Å². The van der Waals surface area contributed by atoms with E-state index >= 15 is 0 Å². The van der Waals surface area contributed by atoms with E-state index < -0.39 is 0 Å². The maximum absolute atomic E-state index is 11.9. The van der Waals surface area contributed by atoms with Crippen LogP contribution in [0.25, 0.3) is 0 Å². The summed E-state index contributed by atoms with van der Waals surface area (Å²) in [6.07, 6.45) is 3.47. The zero-order valence-corrected chi connectivity index (χ0v) is 23.7. The number of fused-ring (bicyclic) bond motifs is 2. The number of hydrogen-bond donors (Lipinski definition) is 1. The number of halogens is 4. The first-order valence-corrected chi connectivity index (χ1v) is 14.2. The first-order valence-electron chi connectivity index (χ1n) is 12.7. The minimum Gasteiger partial charge on any atom is -0.324 e. The zero-order chi connectivity index (χ0) is 26.8. The Morgan fingerprint density at radius 1 is 0.579 bits per heavy atom. The molecule has 4 aromatic rings. The van der Waals surface area contributed by atoms with Crippen molar-refractivity contribution < 1.29 is 4.79 Å². The summed E-state index contributed by atoms with van der Waals surface area (Å²) in [7, 11) is 0. The van der Waals surface area contributed by atoms with Crippen LogP contribution in [0.3, 0.4) is 0 Å². The van der Waals surface area contributed by atoms with Gasteiger partial charge in [0, 0.05) is 29.9 Å². The summed E-state index contributed by atoms with van der Waals surface area (Å²) in [5.41, 5.74) is 13.0. The fraction of sp³-hybridized carbons (Fsp3) is 0.219. The molecule has 2 aliphatic rings. The molecule has 0 amide bonds. The molecule has 6 rings (SSSR count). The van der Waals surface area contributed by atoms with Gasteiger partial charge in [-0.2, -0.15) is 0 Å². The Bertz CT molecular complexity index is 1480. The Hall–Kier alpha value is -2.33. The molecule has 0 bridgehead atoms. The number of Topliss-reactive ketones (excluding diaryl/α,β-unsaturated/α-hetero) is 1. The van der Waals surface area contributed by atoms with Crippen LogP contribution in [0.15, 0.2) is 84.9 Å². The first-order chi connectivity index (χ1) is 18.3. The third-order valence-electron chi connectivity index (χ3n) is 7.53. The number of benzene rings is 4. The highest BCUT2D eigenvalue weighted by atomic mass is 35.5. The molecular formula is C32H27Cl4NO. The van der Waals surface area contributed by atoms with Crippen molar-refractivity contribution in [1.82, 2.24) is 0 Å². The van der Waals surface area contributed by atoms with Crippen molar-refractivity contribution in [3.63, 3.8) is 0 Å². The lowest BCUT2D eigenvalue weighted by molar-refractivity contribution is 0.0969. The Morgan fingerprint density at radius 2 is 1.11 bits per heavy atom. The van der Waals surface area contributed by atoms with Crippen LogP contribution < -0.4 is 5.73 Å². The van der Waals surface area contributed by atoms with Gasteiger partial charge in [0.1, 0.15) is 0 Å². The number of ketones is 1. The molecule has 0 fully saturated rings. The Balaban J connectivity index is 0.000000155. The van der Waals surface area contributed by atoms with Crippen LogP contribution in [0, 0.1) is 0 Å². The molecule has 194 valence electrons. The standard InChI is InChI=1S/C16H15Cl2N.C16H12Cl2O/c2*17-14-7-5-10(9-15(14)18)11-6-8-16(19)13-4-2-1-3-12(11)13/h1-5,7,9,11,16H,6,8,19H2;1-5,7,9,11H,6,8H2/t11-,16+;11-/m00/s1. The summed E-state index contributed by atoms with van der Waals surface area (Å²) in [4.78, 5) is 11.9. The van der Waals surface area contributed by atoms with Gasteiger partial charge < -0.3 is 5.73 Å². The lowest BCUT2D eigenvalue weighted by Crippen LogP contribution is -2.20. The average Bonchev–Trinajstić information content (AvgIpc) is 2.93. The summed E-state index contributed by atoms with van der Waals surface area (Å²) in [5, 5.41) is 2.34. The zero-order valence-electron chi connectivity index (χ0n) is 20.6. The molecule has 2 N–H and O–H groups in total. The van der Waals surface area contributed by atoms with E-state index in [2.05, 4.69) is 30.3 Å². The quantitative estimate of drug-likeness (QED) is 0.255. The fourth-order valence-corrected chi connectivity index (χ4v) is 6.21. The molecule has 0 saturated heterocycles. The van der Waals surface area contributed by atoms with Crippen LogP contribution >= 0.6 is 46.4 Å². The topological polar surface area (TPSA) is 43.1 Å². The van der Waals surface area contributed by atoms with Crippen LogP contribution in [0.4, 0.5) is 0 Å². The molecule has 2 aliphatic carbocycles. The van der Waals surface area contributed by atoms with Gasteiger partial charge in [0.25, 0.3) is 0 Å². The number of carbonyl (C=O) groups excluding carboxylic acids is 1. The predicted molar refractivity (Wildman–Crippen MR) is 159 cm³/mol. The van der Waals surface area contributed by atoms with Crippen molar-refractivity contribution in [1.29, 1.82) is 0 Å². The SMILES string of the molecule is N[C@@H]1CC[C@@H](c2ccc(Cl)c(Cl)c2)c2ccccc21.O=C1CC[C@@H](c2ccc(Cl)c(Cl)c2)c2ccccc21. The number of rotatable bonds is 2. The normalized spacial score (nSPS) is 20.1. The van der Waals surface area contributed by atoms with Crippen LogP contribution in [0.2, 0.25) is 20.1 Å². The van der Waals surface area contributed by atoms with Gasteiger partial charge in [-0.25, -0.2) is 0 Å². The molecular weight excluding hydrogens is 556 g/mol. The third kappa shape index (κ3) is 5.66. The van der Waals surface area contributed by atoms with Gasteiger partial charge in [-0.3, -0.25) is 4.79 Å². The van der Waals surface area contributed by atoms with E-state index in [9.17, 15) is 4.79 Å². The van der Waals surface area contributed by atoms with E-state index in [4.69, 9.17) is 52.1 Å². The second-order valence-corrected chi connectivity index (χ2v) is 11.4. The Kier molecular flexibility index (Phi) is 8.47. The number of carbonyl (C=O) groups is 1. The minimum absolute atomic E-state index is 0.148. The molecule has 4 aromatic carbocycles. The monoisotopic (exact) mass is 581 g/mol. The van der Waals surface area contributed by atoms with Crippen LogP contribution in [-0.4, -0.2) is 5.78 Å². The second kappa shape index (κ2) is 11.8. The Morgan fingerprint density at radius 3 is 1.71 bits per heavy atom. The molecule has 0 aromatic heterocycles. The van der Waals surface area contributed by atoms with E-state index in [0.29, 0.717) is 32.4 Å². The van der Waals surface area contributed by atoms with Gasteiger partial charge in [0.05, 0.1) is 20.1 Å². The van der Waals surface area contributed by atoms with Crippen molar-refractivity contribution in [2.24, 2.45) is 5.73 Å². The van der Waals surface area contributed by atoms with Gasteiger partial charge in [-0.05, 0) is 71.3 Å². The maximum atomic E-state index is 11.9. The summed E-state index contributed by atoms with van der Waals surface area (Å²) in [6, 6.07) is 28.0. The molecule has 0 unspecified atom stereocenters. The number of nitrogens with two attached hydrogens (primary N) is 1. The van der Waals surface area contributed by atoms with E-state index in [0.717, 1.165) is 36.0 Å². The van der Waals surface area contributed by atoms with Crippen molar-refractivity contribution in [2.45, 2.75) is 43.6 Å². The van der Waals surface area contributed by atoms with Crippen LogP contribution in [0.1, 0.15) is 81.7 Å². The molecule has 0 spiro atoms. The fourth-order valence-electron chi connectivity index (χ4n) is 5.59. The average molecular weight is 583 g/mol. The lowest BCUT2D eigenvalue weighted by atomic mass is 9.77. The highest BCUT2D eigenvalue weighted by Gasteiger charge is 2.27. The van der Waals surface area contributed by atoms with E-state index in [1.807, 2.05) is 54.6 Å². The summed E-state index contributed by atoms with van der Waals surface area (Å²) >= 11 is 24.2. The van der Waals surface area contributed by atoms with E-state index in [1.165, 1.54) is 16.7 Å². The highest BCUT2D eigenvalue weighted by Crippen LogP contribution is 2.41. The van der Waals surface area contributed by atoms with Gasteiger partial charge in [0.15, 0.2) is 5.78 Å². The maximum Gasteiger partial charge on any atom is 0.163 e. The van der Waals surface area contributed by atoms with Crippen LogP contribution in [0.5, 0.6) is 0 Å². The van der Waals surface area contributed by atoms with Gasteiger partial charge >= 0.3 is 0 Å². The van der Waals surface area contributed by atoms with Crippen molar-refractivity contribution in [3.8, 4) is 0 Å². The molecule has 3 atom stereocenters.